The summed E-state index contributed by atoms with van der Waals surface area (Å²) in [4.78, 5) is 19.2. The van der Waals surface area contributed by atoms with Gasteiger partial charge in [0, 0.05) is 6.20 Å². The number of aromatic amines is 3. The Bertz CT molecular complexity index is 497. The fourth-order valence-corrected chi connectivity index (χ4v) is 1.18. The second kappa shape index (κ2) is 3.12. The van der Waals surface area contributed by atoms with Gasteiger partial charge in [-0.2, -0.15) is 0 Å². The van der Waals surface area contributed by atoms with Crippen LogP contribution in [0.4, 0.5) is 0 Å². The van der Waals surface area contributed by atoms with Crippen molar-refractivity contribution in [3.05, 3.63) is 27.4 Å². The fraction of sp³-hybridized carbons (Fsp3) is 0. The van der Waals surface area contributed by atoms with E-state index in [-0.39, 0.29) is 18.0 Å². The van der Waals surface area contributed by atoms with E-state index in [4.69, 9.17) is 12.2 Å². The zero-order valence-corrected chi connectivity index (χ0v) is 7.51. The van der Waals surface area contributed by atoms with E-state index in [9.17, 15) is 4.79 Å². The largest absolute Gasteiger partial charge is 0.355 e. The van der Waals surface area contributed by atoms with E-state index >= 15 is 0 Å². The lowest BCUT2D eigenvalue weighted by Crippen LogP contribution is -2.06. The van der Waals surface area contributed by atoms with Crippen molar-refractivity contribution in [1.29, 1.82) is 0 Å². The molecule has 0 spiro atoms. The van der Waals surface area contributed by atoms with Crippen LogP contribution in [-0.4, -0.2) is 15.0 Å². The maximum absolute atomic E-state index is 11.1. The molecule has 12 heavy (non-hydrogen) atoms. The monoisotopic (exact) mass is 203 g/mol. The van der Waals surface area contributed by atoms with Crippen LogP contribution in [-0.2, 0) is 0 Å². The van der Waals surface area contributed by atoms with Crippen LogP contribution in [0, 0.1) is 4.77 Å². The second-order valence-electron chi connectivity index (χ2n) is 2.17. The second-order valence-corrected chi connectivity index (χ2v) is 2.58. The molecule has 4 nitrogen and oxygen atoms in total. The summed E-state index contributed by atoms with van der Waals surface area (Å²) in [6.45, 7) is 0. The van der Waals surface area contributed by atoms with Crippen LogP contribution in [0.1, 0.15) is 0 Å². The number of aromatic nitrogens is 3. The van der Waals surface area contributed by atoms with Gasteiger partial charge in [0.25, 0.3) is 5.56 Å². The standard InChI is InChI=1S/C6H5N3OS.ClH/c10-5-4-3(1-2-7-4)8-6(11)9-5;/h1-2,7H,(H2,8,9,10,11);1H. The Morgan fingerprint density at radius 2 is 2.08 bits per heavy atom. The van der Waals surface area contributed by atoms with Crippen molar-refractivity contribution < 1.29 is 0 Å². The van der Waals surface area contributed by atoms with Gasteiger partial charge in [0.15, 0.2) is 4.77 Å². The molecule has 2 aromatic heterocycles. The maximum Gasteiger partial charge on any atom is 0.275 e. The topological polar surface area (TPSA) is 64.4 Å². The van der Waals surface area contributed by atoms with E-state index in [0.717, 1.165) is 5.52 Å². The Morgan fingerprint density at radius 1 is 1.33 bits per heavy atom. The third-order valence-electron chi connectivity index (χ3n) is 1.45. The molecular weight excluding hydrogens is 198 g/mol. The van der Waals surface area contributed by atoms with Crippen molar-refractivity contribution in [3.63, 3.8) is 0 Å². The summed E-state index contributed by atoms with van der Waals surface area (Å²) < 4.78 is 0.349. The van der Waals surface area contributed by atoms with E-state index < -0.39 is 0 Å². The third kappa shape index (κ3) is 1.28. The first kappa shape index (κ1) is 9.02. The lowest BCUT2D eigenvalue weighted by molar-refractivity contribution is 1.13. The first-order chi connectivity index (χ1) is 5.27. The molecule has 0 radical (unpaired) electrons. The molecule has 2 aromatic rings. The molecule has 0 aromatic carbocycles. The van der Waals surface area contributed by atoms with E-state index in [0.29, 0.717) is 10.3 Å². The molecule has 0 aliphatic rings. The molecule has 0 unspecified atom stereocenters. The van der Waals surface area contributed by atoms with Crippen LogP contribution in [0.3, 0.4) is 0 Å². The van der Waals surface area contributed by atoms with Gasteiger partial charge in [0.1, 0.15) is 5.52 Å². The molecule has 0 saturated heterocycles. The Labute approximate surface area is 78.4 Å². The van der Waals surface area contributed by atoms with Gasteiger partial charge in [0.05, 0.1) is 5.52 Å². The molecule has 2 rings (SSSR count). The molecule has 0 bridgehead atoms. The molecule has 0 saturated carbocycles. The van der Waals surface area contributed by atoms with E-state index in [1.54, 1.807) is 12.3 Å². The SMILES string of the molecule is Cl.O=c1[nH]c(=S)[nH]c2cc[nH]c12. The number of nitrogens with one attached hydrogen (secondary N) is 3. The average Bonchev–Trinajstić information content (AvgIpc) is 2.34. The highest BCUT2D eigenvalue weighted by atomic mass is 35.5. The van der Waals surface area contributed by atoms with Crippen molar-refractivity contribution in [3.8, 4) is 0 Å². The minimum atomic E-state index is -0.186. The van der Waals surface area contributed by atoms with Crippen molar-refractivity contribution in [2.45, 2.75) is 0 Å². The smallest absolute Gasteiger partial charge is 0.275 e. The van der Waals surface area contributed by atoms with Gasteiger partial charge in [-0.15, -0.1) is 12.4 Å². The first-order valence-electron chi connectivity index (χ1n) is 3.07. The van der Waals surface area contributed by atoms with Crippen molar-refractivity contribution in [2.75, 3.05) is 0 Å². The number of hydrogen-bond acceptors (Lipinski definition) is 2. The third-order valence-corrected chi connectivity index (χ3v) is 1.65. The summed E-state index contributed by atoms with van der Waals surface area (Å²) in [6.07, 6.45) is 1.69. The summed E-state index contributed by atoms with van der Waals surface area (Å²) in [7, 11) is 0. The quantitative estimate of drug-likeness (QED) is 0.566. The predicted octanol–water partition coefficient (Wildman–Crippen LogP) is 1.34. The summed E-state index contributed by atoms with van der Waals surface area (Å²) in [6, 6.07) is 1.76. The number of H-pyrrole nitrogens is 3. The molecule has 6 heteroatoms. The predicted molar refractivity (Wildman–Crippen MR) is 51.4 cm³/mol. The van der Waals surface area contributed by atoms with Crippen LogP contribution >= 0.6 is 24.6 Å². The van der Waals surface area contributed by atoms with Crippen molar-refractivity contribution in [1.82, 2.24) is 15.0 Å². The normalized spacial score (nSPS) is 9.67. The minimum absolute atomic E-state index is 0. The molecule has 0 fully saturated rings. The minimum Gasteiger partial charge on any atom is -0.355 e. The van der Waals surface area contributed by atoms with Crippen LogP contribution in [0.15, 0.2) is 17.1 Å². The van der Waals surface area contributed by atoms with Crippen LogP contribution < -0.4 is 5.56 Å². The highest BCUT2D eigenvalue weighted by molar-refractivity contribution is 7.71. The summed E-state index contributed by atoms with van der Waals surface area (Å²) >= 11 is 4.77. The van der Waals surface area contributed by atoms with Gasteiger partial charge >= 0.3 is 0 Å². The molecule has 2 heterocycles. The van der Waals surface area contributed by atoms with Gasteiger partial charge < -0.3 is 9.97 Å². The van der Waals surface area contributed by atoms with E-state index in [2.05, 4.69) is 15.0 Å². The highest BCUT2D eigenvalue weighted by Crippen LogP contribution is 2.00. The maximum atomic E-state index is 11.1. The fourth-order valence-electron chi connectivity index (χ4n) is 0.981. The van der Waals surface area contributed by atoms with Crippen LogP contribution in [0.25, 0.3) is 11.0 Å². The lowest BCUT2D eigenvalue weighted by Gasteiger charge is -1.87. The average molecular weight is 204 g/mol. The zero-order chi connectivity index (χ0) is 7.84. The molecule has 0 aliphatic carbocycles. The summed E-state index contributed by atoms with van der Waals surface area (Å²) in [5.74, 6) is 0. The van der Waals surface area contributed by atoms with Crippen molar-refractivity contribution in [2.24, 2.45) is 0 Å². The number of halogens is 1. The Kier molecular flexibility index (Phi) is 2.35. The first-order valence-corrected chi connectivity index (χ1v) is 3.48. The van der Waals surface area contributed by atoms with E-state index in [1.165, 1.54) is 0 Å². The highest BCUT2D eigenvalue weighted by Gasteiger charge is 1.96. The Hall–Kier alpha value is -1.07. The number of rotatable bonds is 0. The summed E-state index contributed by atoms with van der Waals surface area (Å²) in [5, 5.41) is 0. The van der Waals surface area contributed by atoms with Crippen LogP contribution in [0.2, 0.25) is 0 Å². The zero-order valence-electron chi connectivity index (χ0n) is 5.88. The number of fused-ring (bicyclic) bond motifs is 1. The van der Waals surface area contributed by atoms with E-state index in [1.807, 2.05) is 0 Å². The molecule has 0 atom stereocenters. The lowest BCUT2D eigenvalue weighted by atomic mass is 10.5. The Morgan fingerprint density at radius 3 is 2.83 bits per heavy atom. The van der Waals surface area contributed by atoms with Gasteiger partial charge in [0.2, 0.25) is 0 Å². The molecule has 0 aliphatic heterocycles. The van der Waals surface area contributed by atoms with Gasteiger partial charge in [-0.3, -0.25) is 9.78 Å². The van der Waals surface area contributed by atoms with Crippen LogP contribution in [0.5, 0.6) is 0 Å². The molecule has 3 N–H and O–H groups in total. The van der Waals surface area contributed by atoms with Crippen molar-refractivity contribution >= 4 is 35.7 Å². The van der Waals surface area contributed by atoms with Gasteiger partial charge in [-0.1, -0.05) is 0 Å². The Balaban J connectivity index is 0.000000720. The van der Waals surface area contributed by atoms with Gasteiger partial charge in [-0.25, -0.2) is 0 Å². The molecular formula is C6H6ClN3OS. The van der Waals surface area contributed by atoms with Gasteiger partial charge in [-0.05, 0) is 18.3 Å². The summed E-state index contributed by atoms with van der Waals surface area (Å²) in [5.41, 5.74) is 1.08. The molecule has 64 valence electrons. The number of hydrogen-bond donors (Lipinski definition) is 3. The molecule has 0 amide bonds.